The molecule has 0 aliphatic carbocycles. The fraction of sp³-hybridized carbons (Fsp3) is 0.0909. The molecule has 6 nitrogen and oxygen atoms in total. The lowest BCUT2D eigenvalue weighted by molar-refractivity contribution is -0.140. The Kier molecular flexibility index (Phi) is 4.66. The van der Waals surface area contributed by atoms with E-state index in [0.717, 1.165) is 28.7 Å². The van der Waals surface area contributed by atoms with Crippen LogP contribution in [0, 0.1) is 6.92 Å². The molecule has 0 radical (unpaired) electrons. The summed E-state index contributed by atoms with van der Waals surface area (Å²) in [6.07, 6.45) is 0.847. The lowest BCUT2D eigenvalue weighted by atomic mass is 10.1. The number of nitrogens with zero attached hydrogens (tertiary/aromatic N) is 4. The highest BCUT2D eigenvalue weighted by Gasteiger charge is 2.33. The number of thiophene rings is 1. The van der Waals surface area contributed by atoms with Gasteiger partial charge in [-0.05, 0) is 42.8 Å². The summed E-state index contributed by atoms with van der Waals surface area (Å²) in [6.45, 7) is 1.70. The third-order valence-corrected chi connectivity index (χ3v) is 6.17. The molecule has 32 heavy (non-hydrogen) atoms. The molecular weight excluding hydrogens is 439 g/mol. The Morgan fingerprint density at radius 2 is 1.88 bits per heavy atom. The molecule has 0 saturated carbocycles. The Labute approximate surface area is 183 Å². The molecule has 0 spiro atoms. The van der Waals surface area contributed by atoms with Gasteiger partial charge in [0, 0.05) is 35.2 Å². The summed E-state index contributed by atoms with van der Waals surface area (Å²) in [6, 6.07) is 11.2. The Morgan fingerprint density at radius 3 is 2.59 bits per heavy atom. The number of carbonyl (C=O) groups excluding carboxylic acids is 1. The van der Waals surface area contributed by atoms with Crippen LogP contribution in [0.1, 0.15) is 20.9 Å². The molecule has 0 bridgehead atoms. The van der Waals surface area contributed by atoms with E-state index >= 15 is 0 Å². The van der Waals surface area contributed by atoms with Gasteiger partial charge in [0.15, 0.2) is 0 Å². The topological polar surface area (TPSA) is 72.2 Å². The zero-order valence-corrected chi connectivity index (χ0v) is 17.3. The minimum absolute atomic E-state index is 0.179. The van der Waals surface area contributed by atoms with E-state index < -0.39 is 17.8 Å². The first-order chi connectivity index (χ1) is 15.3. The lowest BCUT2D eigenvalue weighted by Gasteiger charge is -2.05. The number of carbonyl (C=O) groups is 1. The first kappa shape index (κ1) is 20.1. The molecule has 1 aromatic carbocycles. The van der Waals surface area contributed by atoms with Crippen LogP contribution in [0.25, 0.3) is 27.3 Å². The van der Waals surface area contributed by atoms with Crippen molar-refractivity contribution in [2.45, 2.75) is 13.1 Å². The summed E-state index contributed by atoms with van der Waals surface area (Å²) in [4.78, 5) is 25.6. The van der Waals surface area contributed by atoms with Crippen molar-refractivity contribution in [1.29, 1.82) is 0 Å². The number of halogens is 3. The van der Waals surface area contributed by atoms with E-state index in [1.807, 2.05) is 35.0 Å². The molecule has 10 heteroatoms. The van der Waals surface area contributed by atoms with Crippen molar-refractivity contribution in [1.82, 2.24) is 19.4 Å². The van der Waals surface area contributed by atoms with E-state index in [0.29, 0.717) is 27.3 Å². The van der Waals surface area contributed by atoms with Crippen molar-refractivity contribution < 1.29 is 18.0 Å². The van der Waals surface area contributed by atoms with Crippen molar-refractivity contribution >= 4 is 38.9 Å². The number of pyridine rings is 1. The minimum Gasteiger partial charge on any atom is -0.321 e. The number of fused-ring (bicyclic) bond motifs is 2. The maximum absolute atomic E-state index is 12.9. The average molecular weight is 453 g/mol. The second kappa shape index (κ2) is 7.41. The van der Waals surface area contributed by atoms with Gasteiger partial charge in [0.1, 0.15) is 10.5 Å². The average Bonchev–Trinajstić information content (AvgIpc) is 3.35. The molecule has 5 aromatic rings. The third kappa shape index (κ3) is 3.58. The summed E-state index contributed by atoms with van der Waals surface area (Å²) < 4.78 is 40.6. The van der Waals surface area contributed by atoms with Crippen LogP contribution in [0.15, 0.2) is 61.1 Å². The first-order valence-corrected chi connectivity index (χ1v) is 10.3. The summed E-state index contributed by atoms with van der Waals surface area (Å²) in [5.41, 5.74) is 1.78. The maximum Gasteiger partial charge on any atom is 0.433 e. The minimum atomic E-state index is -4.53. The zero-order chi connectivity index (χ0) is 22.5. The van der Waals surface area contributed by atoms with Gasteiger partial charge in [0.05, 0.1) is 10.6 Å². The second-order valence-corrected chi connectivity index (χ2v) is 8.09. The van der Waals surface area contributed by atoms with Gasteiger partial charge in [0.2, 0.25) is 5.78 Å². The van der Waals surface area contributed by atoms with Gasteiger partial charge < -0.3 is 5.32 Å². The Balaban J connectivity index is 1.38. The predicted molar refractivity (Wildman–Crippen MR) is 116 cm³/mol. The summed E-state index contributed by atoms with van der Waals surface area (Å²) in [5, 5.41) is 3.33. The van der Waals surface area contributed by atoms with Crippen LogP contribution in [-0.2, 0) is 6.18 Å². The molecule has 0 fully saturated rings. The number of rotatable bonds is 3. The number of hydrogen-bond donors (Lipinski definition) is 1. The van der Waals surface area contributed by atoms with Gasteiger partial charge in [-0.25, -0.2) is 15.0 Å². The van der Waals surface area contributed by atoms with Gasteiger partial charge in [0.25, 0.3) is 5.91 Å². The third-order valence-electron chi connectivity index (χ3n) is 4.97. The summed E-state index contributed by atoms with van der Waals surface area (Å²) >= 11 is 0.941. The van der Waals surface area contributed by atoms with Crippen LogP contribution in [0.3, 0.4) is 0 Å². The molecule has 160 valence electrons. The molecular formula is C22H14F3N5OS. The van der Waals surface area contributed by atoms with E-state index in [2.05, 4.69) is 20.3 Å². The van der Waals surface area contributed by atoms with Crippen molar-refractivity contribution in [3.05, 3.63) is 77.2 Å². The van der Waals surface area contributed by atoms with Crippen molar-refractivity contribution in [2.24, 2.45) is 0 Å². The number of alkyl halides is 3. The van der Waals surface area contributed by atoms with Crippen molar-refractivity contribution in [3.63, 3.8) is 0 Å². The van der Waals surface area contributed by atoms with E-state index in [9.17, 15) is 18.0 Å². The van der Waals surface area contributed by atoms with Gasteiger partial charge in [-0.1, -0.05) is 12.1 Å². The maximum atomic E-state index is 12.9. The molecule has 0 saturated heterocycles. The van der Waals surface area contributed by atoms with Gasteiger partial charge in [-0.15, -0.1) is 11.3 Å². The fourth-order valence-electron chi connectivity index (χ4n) is 3.35. The highest BCUT2D eigenvalue weighted by molar-refractivity contribution is 7.20. The molecule has 5 rings (SSSR count). The lowest BCUT2D eigenvalue weighted by Crippen LogP contribution is -2.11. The van der Waals surface area contributed by atoms with Gasteiger partial charge in [-0.3, -0.25) is 9.20 Å². The van der Waals surface area contributed by atoms with Crippen LogP contribution in [-0.4, -0.2) is 25.3 Å². The number of aryl methyl sites for hydroxylation is 1. The number of imidazole rings is 1. The smallest absolute Gasteiger partial charge is 0.321 e. The molecule has 0 aliphatic rings. The van der Waals surface area contributed by atoms with Crippen LogP contribution >= 0.6 is 11.3 Å². The molecule has 0 aliphatic heterocycles. The number of aromatic nitrogens is 4. The summed E-state index contributed by atoms with van der Waals surface area (Å²) in [7, 11) is 0. The quantitative estimate of drug-likeness (QED) is 0.387. The standard InChI is InChI=1S/C22H14F3N5OS/c1-12-15-7-8-17(22(23,24)25)29-20(15)32-18(12)19(31)27-14-5-3-13(4-6-14)16-11-30-10-2-9-26-21(30)28-16/h2-11H,1H3,(H,27,31). The van der Waals surface area contributed by atoms with Crippen molar-refractivity contribution in [2.75, 3.05) is 5.32 Å². The van der Waals surface area contributed by atoms with E-state index in [1.54, 1.807) is 25.3 Å². The second-order valence-electron chi connectivity index (χ2n) is 7.09. The molecule has 4 heterocycles. The van der Waals surface area contributed by atoms with Crippen LogP contribution < -0.4 is 5.32 Å². The zero-order valence-electron chi connectivity index (χ0n) is 16.5. The fourth-order valence-corrected chi connectivity index (χ4v) is 4.43. The number of amides is 1. The normalized spacial score (nSPS) is 11.9. The predicted octanol–water partition coefficient (Wildman–Crippen LogP) is 5.59. The Hall–Kier alpha value is -3.79. The summed E-state index contributed by atoms with van der Waals surface area (Å²) in [5.74, 6) is 0.186. The van der Waals surface area contributed by atoms with Crippen molar-refractivity contribution in [3.8, 4) is 11.3 Å². The molecule has 1 amide bonds. The number of anilines is 1. The van der Waals surface area contributed by atoms with Crippen LogP contribution in [0.4, 0.5) is 18.9 Å². The van der Waals surface area contributed by atoms with Crippen LogP contribution in [0.5, 0.6) is 0 Å². The molecule has 0 atom stereocenters. The number of hydrogen-bond acceptors (Lipinski definition) is 5. The Morgan fingerprint density at radius 1 is 1.09 bits per heavy atom. The van der Waals surface area contributed by atoms with Gasteiger partial charge >= 0.3 is 6.18 Å². The first-order valence-electron chi connectivity index (χ1n) is 9.48. The van der Waals surface area contributed by atoms with E-state index in [-0.39, 0.29) is 4.83 Å². The highest BCUT2D eigenvalue weighted by atomic mass is 32.1. The molecule has 0 unspecified atom stereocenters. The largest absolute Gasteiger partial charge is 0.433 e. The number of benzene rings is 1. The number of nitrogens with one attached hydrogen (secondary N) is 1. The van der Waals surface area contributed by atoms with Gasteiger partial charge in [-0.2, -0.15) is 13.2 Å². The highest BCUT2D eigenvalue weighted by Crippen LogP contribution is 2.34. The Bertz CT molecular complexity index is 1440. The monoisotopic (exact) mass is 453 g/mol. The van der Waals surface area contributed by atoms with Crippen LogP contribution in [0.2, 0.25) is 0 Å². The molecule has 1 N–H and O–H groups in total. The van der Waals surface area contributed by atoms with E-state index in [4.69, 9.17) is 0 Å². The SMILES string of the molecule is Cc1c(C(=O)Nc2ccc(-c3cn4cccnc4n3)cc2)sc2nc(C(F)(F)F)ccc12. The van der Waals surface area contributed by atoms with E-state index in [1.165, 1.54) is 6.07 Å². The molecule has 4 aromatic heterocycles.